The van der Waals surface area contributed by atoms with Crippen LogP contribution in [0.5, 0.6) is 5.75 Å². The molecule has 0 aliphatic carbocycles. The molecule has 3 nitrogen and oxygen atoms in total. The molecule has 25 heavy (non-hydrogen) atoms. The van der Waals surface area contributed by atoms with Crippen molar-refractivity contribution in [3.8, 4) is 5.75 Å². The number of fused-ring (bicyclic) bond motifs is 1. The summed E-state index contributed by atoms with van der Waals surface area (Å²) in [4.78, 5) is 4.35. The maximum atomic E-state index is 10.9. The number of anilines is 1. The molecule has 4 rings (SSSR count). The van der Waals surface area contributed by atoms with Gasteiger partial charge < -0.3 is 10.4 Å². The minimum absolute atomic E-state index is 0.171. The Labute approximate surface area is 146 Å². The highest BCUT2D eigenvalue weighted by Crippen LogP contribution is 2.36. The van der Waals surface area contributed by atoms with Crippen molar-refractivity contribution < 1.29 is 5.11 Å². The molecule has 0 unspecified atom stereocenters. The van der Waals surface area contributed by atoms with Crippen LogP contribution in [-0.4, -0.2) is 10.1 Å². The number of para-hydroxylation sites is 1. The van der Waals surface area contributed by atoms with E-state index in [1.54, 1.807) is 6.20 Å². The van der Waals surface area contributed by atoms with Gasteiger partial charge in [0.15, 0.2) is 0 Å². The number of nitrogens with zero attached hydrogens (tertiary/aromatic N) is 1. The van der Waals surface area contributed by atoms with E-state index in [1.165, 1.54) is 0 Å². The van der Waals surface area contributed by atoms with E-state index in [-0.39, 0.29) is 11.8 Å². The Hall–Kier alpha value is -3.33. The van der Waals surface area contributed by atoms with Gasteiger partial charge in [-0.05, 0) is 23.8 Å². The van der Waals surface area contributed by atoms with E-state index in [2.05, 4.69) is 22.4 Å². The lowest BCUT2D eigenvalue weighted by atomic mass is 9.96. The van der Waals surface area contributed by atoms with Gasteiger partial charge in [0.1, 0.15) is 11.3 Å². The zero-order valence-corrected chi connectivity index (χ0v) is 13.6. The summed E-state index contributed by atoms with van der Waals surface area (Å²) >= 11 is 0. The number of phenols is 1. The second-order valence-electron chi connectivity index (χ2n) is 5.93. The van der Waals surface area contributed by atoms with Crippen molar-refractivity contribution in [1.82, 2.24) is 4.98 Å². The van der Waals surface area contributed by atoms with Crippen molar-refractivity contribution in [2.24, 2.45) is 0 Å². The van der Waals surface area contributed by atoms with Gasteiger partial charge in [0, 0.05) is 22.8 Å². The summed E-state index contributed by atoms with van der Waals surface area (Å²) in [5.74, 6) is 0.218. The first-order valence-electron chi connectivity index (χ1n) is 8.26. The molecule has 0 fully saturated rings. The molecule has 0 spiro atoms. The SMILES string of the molecule is Oc1c([C@@H](Nc2ccccc2)c2ccccc2)ccc2cccnc12. The highest BCUT2D eigenvalue weighted by atomic mass is 16.3. The number of benzene rings is 3. The number of phenolic OH excluding ortho intramolecular Hbond substituents is 1. The zero-order valence-electron chi connectivity index (χ0n) is 13.6. The summed E-state index contributed by atoms with van der Waals surface area (Å²) in [6.07, 6.45) is 1.70. The fourth-order valence-corrected chi connectivity index (χ4v) is 3.07. The molecule has 0 radical (unpaired) electrons. The summed E-state index contributed by atoms with van der Waals surface area (Å²) in [5, 5.41) is 15.3. The second-order valence-corrected chi connectivity index (χ2v) is 5.93. The minimum atomic E-state index is -0.171. The van der Waals surface area contributed by atoms with E-state index in [9.17, 15) is 5.11 Å². The quantitative estimate of drug-likeness (QED) is 0.545. The lowest BCUT2D eigenvalue weighted by Gasteiger charge is -2.22. The van der Waals surface area contributed by atoms with Gasteiger partial charge in [-0.25, -0.2) is 0 Å². The highest BCUT2D eigenvalue weighted by molar-refractivity contribution is 5.86. The van der Waals surface area contributed by atoms with Crippen LogP contribution in [0, 0.1) is 0 Å². The molecule has 0 bridgehead atoms. The van der Waals surface area contributed by atoms with E-state index >= 15 is 0 Å². The largest absolute Gasteiger partial charge is 0.505 e. The second kappa shape index (κ2) is 6.65. The molecule has 122 valence electrons. The molecule has 1 heterocycles. The van der Waals surface area contributed by atoms with Crippen LogP contribution in [0.25, 0.3) is 10.9 Å². The molecule has 3 aromatic carbocycles. The lowest BCUT2D eigenvalue weighted by molar-refractivity contribution is 0.472. The molecule has 1 aromatic heterocycles. The first-order chi connectivity index (χ1) is 12.3. The maximum Gasteiger partial charge on any atom is 0.147 e. The zero-order chi connectivity index (χ0) is 17.1. The van der Waals surface area contributed by atoms with E-state index < -0.39 is 0 Å². The molecule has 0 saturated heterocycles. The Morgan fingerprint density at radius 2 is 1.48 bits per heavy atom. The fourth-order valence-electron chi connectivity index (χ4n) is 3.07. The van der Waals surface area contributed by atoms with Crippen molar-refractivity contribution in [2.45, 2.75) is 6.04 Å². The van der Waals surface area contributed by atoms with Gasteiger partial charge in [0.05, 0.1) is 6.04 Å². The van der Waals surface area contributed by atoms with Crippen LogP contribution in [0.3, 0.4) is 0 Å². The first-order valence-corrected chi connectivity index (χ1v) is 8.26. The summed E-state index contributed by atoms with van der Waals surface area (Å²) < 4.78 is 0. The van der Waals surface area contributed by atoms with Gasteiger partial charge in [-0.15, -0.1) is 0 Å². The molecule has 2 N–H and O–H groups in total. The number of pyridine rings is 1. The van der Waals surface area contributed by atoms with Crippen molar-refractivity contribution >= 4 is 16.6 Å². The predicted molar refractivity (Wildman–Crippen MR) is 102 cm³/mol. The molecule has 1 atom stereocenters. The van der Waals surface area contributed by atoms with Crippen LogP contribution in [0.1, 0.15) is 17.2 Å². The van der Waals surface area contributed by atoms with Gasteiger partial charge in [-0.3, -0.25) is 4.98 Å². The third kappa shape index (κ3) is 3.04. The number of hydrogen-bond acceptors (Lipinski definition) is 3. The summed E-state index contributed by atoms with van der Waals surface area (Å²) in [5.41, 5.74) is 3.51. The third-order valence-corrected chi connectivity index (χ3v) is 4.31. The third-order valence-electron chi connectivity index (χ3n) is 4.31. The minimum Gasteiger partial charge on any atom is -0.505 e. The van der Waals surface area contributed by atoms with E-state index in [0.29, 0.717) is 5.52 Å². The van der Waals surface area contributed by atoms with Crippen molar-refractivity contribution in [2.75, 3.05) is 5.32 Å². The van der Waals surface area contributed by atoms with Gasteiger partial charge in [0.2, 0.25) is 0 Å². The number of aromatic hydroxyl groups is 1. The Morgan fingerprint density at radius 1 is 0.760 bits per heavy atom. The fraction of sp³-hybridized carbons (Fsp3) is 0.0455. The van der Waals surface area contributed by atoms with Gasteiger partial charge in [0.25, 0.3) is 0 Å². The smallest absolute Gasteiger partial charge is 0.147 e. The molecule has 0 amide bonds. The predicted octanol–water partition coefficient (Wildman–Crippen LogP) is 5.14. The molecular weight excluding hydrogens is 308 g/mol. The number of aromatic nitrogens is 1. The maximum absolute atomic E-state index is 10.9. The van der Waals surface area contributed by atoms with Crippen molar-refractivity contribution in [3.05, 3.63) is 102 Å². The summed E-state index contributed by atoms with van der Waals surface area (Å²) in [7, 11) is 0. The average Bonchev–Trinajstić information content (AvgIpc) is 2.69. The summed E-state index contributed by atoms with van der Waals surface area (Å²) in [6.45, 7) is 0. The van der Waals surface area contributed by atoms with E-state index in [4.69, 9.17) is 0 Å². The van der Waals surface area contributed by atoms with Crippen LogP contribution < -0.4 is 5.32 Å². The molecule has 0 aliphatic heterocycles. The average molecular weight is 326 g/mol. The highest BCUT2D eigenvalue weighted by Gasteiger charge is 2.19. The Morgan fingerprint density at radius 3 is 2.24 bits per heavy atom. The van der Waals surface area contributed by atoms with Gasteiger partial charge in [-0.1, -0.05) is 66.7 Å². The first kappa shape index (κ1) is 15.2. The van der Waals surface area contributed by atoms with Crippen LogP contribution in [0.2, 0.25) is 0 Å². The summed E-state index contributed by atoms with van der Waals surface area (Å²) in [6, 6.07) is 27.7. The number of rotatable bonds is 4. The number of nitrogens with one attached hydrogen (secondary N) is 1. The van der Waals surface area contributed by atoms with Crippen LogP contribution in [0.4, 0.5) is 5.69 Å². The topological polar surface area (TPSA) is 45.1 Å². The Kier molecular flexibility index (Phi) is 4.05. The molecular formula is C22H18N2O. The molecule has 0 aliphatic rings. The van der Waals surface area contributed by atoms with Gasteiger partial charge in [-0.2, -0.15) is 0 Å². The molecule has 3 heteroatoms. The monoisotopic (exact) mass is 326 g/mol. The Bertz CT molecular complexity index is 984. The molecule has 4 aromatic rings. The van der Waals surface area contributed by atoms with Crippen LogP contribution in [-0.2, 0) is 0 Å². The normalized spacial score (nSPS) is 12.0. The van der Waals surface area contributed by atoms with Crippen LogP contribution in [0.15, 0.2) is 91.1 Å². The van der Waals surface area contributed by atoms with Crippen LogP contribution >= 0.6 is 0 Å². The van der Waals surface area contributed by atoms with Crippen molar-refractivity contribution in [3.63, 3.8) is 0 Å². The standard InChI is InChI=1S/C22H18N2O/c25-22-19(14-13-17-10-7-15-23-21(17)22)20(16-8-3-1-4-9-16)24-18-11-5-2-6-12-18/h1-15,20,24-25H/t20-/m0/s1. The van der Waals surface area contributed by atoms with E-state index in [0.717, 1.165) is 22.2 Å². The van der Waals surface area contributed by atoms with Crippen molar-refractivity contribution in [1.29, 1.82) is 0 Å². The number of hydrogen-bond donors (Lipinski definition) is 2. The van der Waals surface area contributed by atoms with Gasteiger partial charge >= 0.3 is 0 Å². The lowest BCUT2D eigenvalue weighted by Crippen LogP contribution is -2.12. The van der Waals surface area contributed by atoms with E-state index in [1.807, 2.05) is 72.8 Å². The molecule has 0 saturated carbocycles. The Balaban J connectivity index is 1.85.